The Balaban J connectivity index is 2.21. The standard InChI is InChI=1S/C13H17N3O2S/c1-10-3-4-12(7-13(10)19(17,18)14-2)16-9-11-5-6-15-8-11/h3-8,14-16H,9H2,1-2H3. The lowest BCUT2D eigenvalue weighted by atomic mass is 10.2. The second-order valence-corrected chi connectivity index (χ2v) is 6.12. The smallest absolute Gasteiger partial charge is 0.240 e. The number of aromatic nitrogens is 1. The van der Waals surface area contributed by atoms with Gasteiger partial charge in [-0.1, -0.05) is 6.07 Å². The highest BCUT2D eigenvalue weighted by Crippen LogP contribution is 2.20. The van der Waals surface area contributed by atoms with Crippen molar-refractivity contribution in [1.82, 2.24) is 9.71 Å². The first kappa shape index (κ1) is 13.6. The van der Waals surface area contributed by atoms with Crippen molar-refractivity contribution < 1.29 is 8.42 Å². The molecule has 6 heteroatoms. The van der Waals surface area contributed by atoms with Crippen LogP contribution >= 0.6 is 0 Å². The zero-order valence-corrected chi connectivity index (χ0v) is 11.7. The van der Waals surface area contributed by atoms with Crippen LogP contribution in [-0.2, 0) is 16.6 Å². The fourth-order valence-electron chi connectivity index (χ4n) is 1.78. The molecule has 0 aliphatic heterocycles. The molecule has 19 heavy (non-hydrogen) atoms. The highest BCUT2D eigenvalue weighted by atomic mass is 32.2. The van der Waals surface area contributed by atoms with Gasteiger partial charge in [0.25, 0.3) is 0 Å². The Bertz CT molecular complexity index is 649. The summed E-state index contributed by atoms with van der Waals surface area (Å²) in [6, 6.07) is 7.28. The van der Waals surface area contributed by atoms with Crippen LogP contribution in [0.5, 0.6) is 0 Å². The van der Waals surface area contributed by atoms with Crippen molar-refractivity contribution in [2.45, 2.75) is 18.4 Å². The van der Waals surface area contributed by atoms with Crippen LogP contribution in [0, 0.1) is 6.92 Å². The molecule has 3 N–H and O–H groups in total. The third-order valence-corrected chi connectivity index (χ3v) is 4.46. The largest absolute Gasteiger partial charge is 0.381 e. The first-order chi connectivity index (χ1) is 9.03. The summed E-state index contributed by atoms with van der Waals surface area (Å²) in [5, 5.41) is 3.20. The normalized spacial score (nSPS) is 11.5. The molecule has 0 aliphatic carbocycles. The molecule has 1 heterocycles. The van der Waals surface area contributed by atoms with Gasteiger partial charge in [0.2, 0.25) is 10.0 Å². The number of sulfonamides is 1. The molecule has 0 radical (unpaired) electrons. The molecule has 5 nitrogen and oxygen atoms in total. The maximum absolute atomic E-state index is 11.9. The van der Waals surface area contributed by atoms with Gasteiger partial charge in [0.15, 0.2) is 0 Å². The van der Waals surface area contributed by atoms with Crippen molar-refractivity contribution in [1.29, 1.82) is 0 Å². The monoisotopic (exact) mass is 279 g/mol. The molecule has 0 amide bonds. The summed E-state index contributed by atoms with van der Waals surface area (Å²) in [4.78, 5) is 3.27. The second-order valence-electron chi connectivity index (χ2n) is 4.26. The van der Waals surface area contributed by atoms with E-state index in [9.17, 15) is 8.42 Å². The van der Waals surface area contributed by atoms with E-state index < -0.39 is 10.0 Å². The summed E-state index contributed by atoms with van der Waals surface area (Å²) in [6.07, 6.45) is 3.75. The SMILES string of the molecule is CNS(=O)(=O)c1cc(NCc2cc[nH]c2)ccc1C. The molecule has 0 saturated carbocycles. The van der Waals surface area contributed by atoms with Crippen molar-refractivity contribution in [2.75, 3.05) is 12.4 Å². The number of hydrogen-bond acceptors (Lipinski definition) is 3. The van der Waals surface area contributed by atoms with Crippen molar-refractivity contribution in [2.24, 2.45) is 0 Å². The Labute approximate surface area is 113 Å². The van der Waals surface area contributed by atoms with E-state index in [0.29, 0.717) is 11.4 Å². The predicted molar refractivity (Wildman–Crippen MR) is 75.5 cm³/mol. The van der Waals surface area contributed by atoms with E-state index in [1.54, 1.807) is 19.1 Å². The summed E-state index contributed by atoms with van der Waals surface area (Å²) >= 11 is 0. The number of rotatable bonds is 5. The molecule has 0 unspecified atom stereocenters. The first-order valence-corrected chi connectivity index (χ1v) is 7.41. The molecule has 1 aromatic heterocycles. The van der Waals surface area contributed by atoms with Crippen LogP contribution < -0.4 is 10.0 Å². The average Bonchev–Trinajstić information content (AvgIpc) is 2.91. The topological polar surface area (TPSA) is 74.0 Å². The van der Waals surface area contributed by atoms with E-state index in [1.165, 1.54) is 7.05 Å². The Morgan fingerprint density at radius 3 is 2.68 bits per heavy atom. The van der Waals surface area contributed by atoms with Crippen molar-refractivity contribution in [3.8, 4) is 0 Å². The maximum atomic E-state index is 11.9. The third kappa shape index (κ3) is 3.15. The fourth-order valence-corrected chi connectivity index (χ4v) is 2.78. The lowest BCUT2D eigenvalue weighted by Crippen LogP contribution is -2.19. The molecule has 0 fully saturated rings. The molecule has 0 spiro atoms. The Morgan fingerprint density at radius 2 is 2.05 bits per heavy atom. The summed E-state index contributed by atoms with van der Waals surface area (Å²) in [7, 11) is -2.01. The summed E-state index contributed by atoms with van der Waals surface area (Å²) in [6.45, 7) is 2.42. The van der Waals surface area contributed by atoms with Crippen LogP contribution in [-0.4, -0.2) is 20.4 Å². The minimum atomic E-state index is -3.42. The van der Waals surface area contributed by atoms with E-state index >= 15 is 0 Å². The number of hydrogen-bond donors (Lipinski definition) is 3. The van der Waals surface area contributed by atoms with Crippen LogP contribution in [0.25, 0.3) is 0 Å². The van der Waals surface area contributed by atoms with Gasteiger partial charge in [-0.3, -0.25) is 0 Å². The number of nitrogens with one attached hydrogen (secondary N) is 3. The number of anilines is 1. The minimum Gasteiger partial charge on any atom is -0.381 e. The Kier molecular flexibility index (Phi) is 3.92. The van der Waals surface area contributed by atoms with Gasteiger partial charge in [0.05, 0.1) is 4.90 Å². The van der Waals surface area contributed by atoms with E-state index in [2.05, 4.69) is 15.0 Å². The molecule has 0 saturated heterocycles. The number of H-pyrrole nitrogens is 1. The molecule has 0 bridgehead atoms. The van der Waals surface area contributed by atoms with E-state index in [-0.39, 0.29) is 0 Å². The molecule has 102 valence electrons. The van der Waals surface area contributed by atoms with Crippen LogP contribution in [0.4, 0.5) is 5.69 Å². The highest BCUT2D eigenvalue weighted by molar-refractivity contribution is 7.89. The zero-order chi connectivity index (χ0) is 13.9. The number of aryl methyl sites for hydroxylation is 1. The van der Waals surface area contributed by atoms with Gasteiger partial charge in [-0.2, -0.15) is 0 Å². The van der Waals surface area contributed by atoms with Crippen molar-refractivity contribution in [3.63, 3.8) is 0 Å². The molecular weight excluding hydrogens is 262 g/mol. The molecule has 0 atom stereocenters. The van der Waals surface area contributed by atoms with Gasteiger partial charge in [0, 0.05) is 24.6 Å². The van der Waals surface area contributed by atoms with Crippen LogP contribution in [0.1, 0.15) is 11.1 Å². The molecular formula is C13H17N3O2S. The maximum Gasteiger partial charge on any atom is 0.240 e. The molecule has 0 aliphatic rings. The van der Waals surface area contributed by atoms with Gasteiger partial charge in [-0.25, -0.2) is 13.1 Å². The van der Waals surface area contributed by atoms with Crippen LogP contribution in [0.3, 0.4) is 0 Å². The van der Waals surface area contributed by atoms with Crippen molar-refractivity contribution in [3.05, 3.63) is 47.8 Å². The quantitative estimate of drug-likeness (QED) is 0.782. The van der Waals surface area contributed by atoms with Crippen molar-refractivity contribution >= 4 is 15.7 Å². The van der Waals surface area contributed by atoms with Gasteiger partial charge in [0.1, 0.15) is 0 Å². The first-order valence-electron chi connectivity index (χ1n) is 5.92. The van der Waals surface area contributed by atoms with Gasteiger partial charge < -0.3 is 10.3 Å². The Hall–Kier alpha value is -1.79. The van der Waals surface area contributed by atoms with Gasteiger partial charge in [-0.15, -0.1) is 0 Å². The lowest BCUT2D eigenvalue weighted by molar-refractivity contribution is 0.587. The van der Waals surface area contributed by atoms with Gasteiger partial charge in [-0.05, 0) is 43.3 Å². The molecule has 1 aromatic carbocycles. The minimum absolute atomic E-state index is 0.300. The molecule has 2 aromatic rings. The zero-order valence-electron chi connectivity index (χ0n) is 10.9. The Morgan fingerprint density at radius 1 is 1.26 bits per heavy atom. The van der Waals surface area contributed by atoms with Crippen LogP contribution in [0.15, 0.2) is 41.6 Å². The molecule has 2 rings (SSSR count). The number of benzene rings is 1. The lowest BCUT2D eigenvalue weighted by Gasteiger charge is -2.10. The average molecular weight is 279 g/mol. The second kappa shape index (κ2) is 5.46. The van der Waals surface area contributed by atoms with Crippen LogP contribution in [0.2, 0.25) is 0 Å². The number of aromatic amines is 1. The van der Waals surface area contributed by atoms with E-state index in [0.717, 1.165) is 16.8 Å². The summed E-state index contributed by atoms with van der Waals surface area (Å²) in [5.41, 5.74) is 2.61. The fraction of sp³-hybridized carbons (Fsp3) is 0.231. The summed E-state index contributed by atoms with van der Waals surface area (Å²) < 4.78 is 26.1. The van der Waals surface area contributed by atoms with E-state index in [4.69, 9.17) is 0 Å². The highest BCUT2D eigenvalue weighted by Gasteiger charge is 2.14. The third-order valence-electron chi connectivity index (χ3n) is 2.91. The van der Waals surface area contributed by atoms with Gasteiger partial charge >= 0.3 is 0 Å². The predicted octanol–water partition coefficient (Wildman–Crippen LogP) is 1.84. The summed E-state index contributed by atoms with van der Waals surface area (Å²) in [5.74, 6) is 0. The van der Waals surface area contributed by atoms with E-state index in [1.807, 2.05) is 24.5 Å².